The number of anilines is 1. The van der Waals surface area contributed by atoms with Crippen molar-refractivity contribution in [3.05, 3.63) is 23.8 Å². The van der Waals surface area contributed by atoms with Crippen LogP contribution < -0.4 is 10.5 Å². The van der Waals surface area contributed by atoms with Gasteiger partial charge in [0.2, 0.25) is 10.0 Å². The first-order valence-corrected chi connectivity index (χ1v) is 7.82. The number of nitriles is 1. The molecule has 0 saturated carbocycles. The molecule has 1 saturated heterocycles. The van der Waals surface area contributed by atoms with Crippen molar-refractivity contribution in [1.82, 2.24) is 4.72 Å². The highest BCUT2D eigenvalue weighted by Crippen LogP contribution is 2.21. The van der Waals surface area contributed by atoms with Crippen LogP contribution >= 0.6 is 0 Å². The minimum atomic E-state index is -3.74. The summed E-state index contributed by atoms with van der Waals surface area (Å²) in [6, 6.07) is 5.80. The molecule has 0 spiro atoms. The van der Waals surface area contributed by atoms with E-state index < -0.39 is 10.0 Å². The molecule has 0 radical (unpaired) electrons. The summed E-state index contributed by atoms with van der Waals surface area (Å²) >= 11 is 0. The van der Waals surface area contributed by atoms with Crippen molar-refractivity contribution in [3.8, 4) is 6.07 Å². The minimum absolute atomic E-state index is 0.0417. The van der Waals surface area contributed by atoms with Gasteiger partial charge in [-0.1, -0.05) is 0 Å². The molecule has 0 aromatic heterocycles. The standard InChI is InChI=1S/C13H17N3O3S/c1-9(10-4-5-19-8-10)16-20(17,18)13-3-2-12(15)6-11(13)7-14/h2-3,6,9-10,16H,4-5,8,15H2,1H3. The number of benzene rings is 1. The third kappa shape index (κ3) is 3.10. The average molecular weight is 295 g/mol. The molecule has 1 aromatic rings. The van der Waals surface area contributed by atoms with E-state index in [0.717, 1.165) is 6.42 Å². The van der Waals surface area contributed by atoms with E-state index in [2.05, 4.69) is 4.72 Å². The first kappa shape index (κ1) is 14.8. The molecule has 6 nitrogen and oxygen atoms in total. The zero-order valence-corrected chi connectivity index (χ0v) is 12.0. The molecule has 3 N–H and O–H groups in total. The van der Waals surface area contributed by atoms with Crippen LogP contribution in [0.25, 0.3) is 0 Å². The van der Waals surface area contributed by atoms with E-state index in [0.29, 0.717) is 18.9 Å². The Bertz CT molecular complexity index is 631. The zero-order chi connectivity index (χ0) is 14.8. The van der Waals surface area contributed by atoms with E-state index in [1.54, 1.807) is 6.92 Å². The highest BCUT2D eigenvalue weighted by atomic mass is 32.2. The summed E-state index contributed by atoms with van der Waals surface area (Å²) in [6.07, 6.45) is 0.830. The SMILES string of the molecule is CC(NS(=O)(=O)c1ccc(N)cc1C#N)C1CCOC1. The number of rotatable bonds is 4. The van der Waals surface area contributed by atoms with Crippen LogP contribution in [0.2, 0.25) is 0 Å². The summed E-state index contributed by atoms with van der Waals surface area (Å²) in [5.74, 6) is 0.157. The van der Waals surface area contributed by atoms with Crippen molar-refractivity contribution in [2.24, 2.45) is 5.92 Å². The second-order valence-electron chi connectivity index (χ2n) is 4.90. The van der Waals surface area contributed by atoms with Gasteiger partial charge in [-0.25, -0.2) is 13.1 Å². The minimum Gasteiger partial charge on any atom is -0.399 e. The van der Waals surface area contributed by atoms with Crippen molar-refractivity contribution in [1.29, 1.82) is 5.26 Å². The lowest BCUT2D eigenvalue weighted by Gasteiger charge is -2.19. The van der Waals surface area contributed by atoms with Crippen LogP contribution in [0, 0.1) is 17.2 Å². The topological polar surface area (TPSA) is 105 Å². The molecular weight excluding hydrogens is 278 g/mol. The highest BCUT2D eigenvalue weighted by molar-refractivity contribution is 7.89. The van der Waals surface area contributed by atoms with Crippen LogP contribution in [-0.2, 0) is 14.8 Å². The summed E-state index contributed by atoms with van der Waals surface area (Å²) in [5, 5.41) is 9.03. The van der Waals surface area contributed by atoms with Gasteiger partial charge >= 0.3 is 0 Å². The van der Waals surface area contributed by atoms with Crippen LogP contribution in [0.5, 0.6) is 0 Å². The Morgan fingerprint density at radius 3 is 2.90 bits per heavy atom. The lowest BCUT2D eigenvalue weighted by molar-refractivity contribution is 0.180. The second-order valence-corrected chi connectivity index (χ2v) is 6.58. The summed E-state index contributed by atoms with van der Waals surface area (Å²) in [4.78, 5) is -0.0417. The Morgan fingerprint density at radius 1 is 1.55 bits per heavy atom. The van der Waals surface area contributed by atoms with Gasteiger partial charge in [-0.05, 0) is 31.5 Å². The average Bonchev–Trinajstić information content (AvgIpc) is 2.91. The van der Waals surface area contributed by atoms with E-state index in [4.69, 9.17) is 15.7 Å². The zero-order valence-electron chi connectivity index (χ0n) is 11.2. The van der Waals surface area contributed by atoms with Crippen molar-refractivity contribution in [3.63, 3.8) is 0 Å². The van der Waals surface area contributed by atoms with Gasteiger partial charge in [-0.2, -0.15) is 5.26 Å². The maximum Gasteiger partial charge on any atom is 0.242 e. The number of nitrogen functional groups attached to an aromatic ring is 1. The Balaban J connectivity index is 2.24. The summed E-state index contributed by atoms with van der Waals surface area (Å²) in [6.45, 7) is 3.01. The fourth-order valence-electron chi connectivity index (χ4n) is 2.22. The fourth-order valence-corrected chi connectivity index (χ4v) is 3.67. The molecule has 1 aliphatic rings. The molecule has 0 aliphatic carbocycles. The maximum absolute atomic E-state index is 12.3. The third-order valence-corrected chi connectivity index (χ3v) is 5.04. The summed E-state index contributed by atoms with van der Waals surface area (Å²) in [5.41, 5.74) is 5.97. The van der Waals surface area contributed by atoms with Gasteiger partial charge in [0.25, 0.3) is 0 Å². The van der Waals surface area contributed by atoms with E-state index in [1.165, 1.54) is 18.2 Å². The van der Waals surface area contributed by atoms with Crippen LogP contribution in [0.1, 0.15) is 18.9 Å². The lowest BCUT2D eigenvalue weighted by Crippen LogP contribution is -2.38. The Labute approximate surface area is 118 Å². The molecule has 20 heavy (non-hydrogen) atoms. The Hall–Kier alpha value is -1.62. The monoisotopic (exact) mass is 295 g/mol. The molecule has 1 fully saturated rings. The molecule has 0 amide bonds. The molecule has 0 bridgehead atoms. The first-order valence-electron chi connectivity index (χ1n) is 6.34. The van der Waals surface area contributed by atoms with Crippen LogP contribution in [0.4, 0.5) is 5.69 Å². The summed E-state index contributed by atoms with van der Waals surface area (Å²) in [7, 11) is -3.74. The van der Waals surface area contributed by atoms with E-state index in [-0.39, 0.29) is 22.4 Å². The van der Waals surface area contributed by atoms with E-state index >= 15 is 0 Å². The van der Waals surface area contributed by atoms with Gasteiger partial charge in [0.1, 0.15) is 6.07 Å². The van der Waals surface area contributed by atoms with Gasteiger partial charge in [0.15, 0.2) is 0 Å². The van der Waals surface area contributed by atoms with Gasteiger partial charge in [-0.15, -0.1) is 0 Å². The largest absolute Gasteiger partial charge is 0.399 e. The number of hydrogen-bond acceptors (Lipinski definition) is 5. The second kappa shape index (κ2) is 5.79. The van der Waals surface area contributed by atoms with Crippen molar-refractivity contribution >= 4 is 15.7 Å². The van der Waals surface area contributed by atoms with Gasteiger partial charge < -0.3 is 10.5 Å². The highest BCUT2D eigenvalue weighted by Gasteiger charge is 2.28. The quantitative estimate of drug-likeness (QED) is 0.801. The smallest absolute Gasteiger partial charge is 0.242 e. The number of nitrogens with one attached hydrogen (secondary N) is 1. The van der Waals surface area contributed by atoms with Gasteiger partial charge in [0.05, 0.1) is 17.1 Å². The summed E-state index contributed by atoms with van der Waals surface area (Å²) < 4.78 is 32.6. The van der Waals surface area contributed by atoms with Gasteiger partial charge in [-0.3, -0.25) is 0 Å². The molecule has 1 aromatic carbocycles. The fraction of sp³-hybridized carbons (Fsp3) is 0.462. The van der Waals surface area contributed by atoms with Crippen LogP contribution in [0.15, 0.2) is 23.1 Å². The molecular formula is C13H17N3O3S. The lowest BCUT2D eigenvalue weighted by atomic mass is 10.0. The van der Waals surface area contributed by atoms with Crippen molar-refractivity contribution in [2.45, 2.75) is 24.3 Å². The molecule has 2 atom stereocenters. The molecule has 2 rings (SSSR count). The van der Waals surface area contributed by atoms with Gasteiger partial charge in [0, 0.05) is 24.3 Å². The predicted molar refractivity (Wildman–Crippen MR) is 74.3 cm³/mol. The van der Waals surface area contributed by atoms with E-state index in [1.807, 2.05) is 6.07 Å². The molecule has 1 heterocycles. The number of hydrogen-bond donors (Lipinski definition) is 2. The Kier molecular flexibility index (Phi) is 4.28. The van der Waals surface area contributed by atoms with Crippen LogP contribution in [-0.4, -0.2) is 27.7 Å². The van der Waals surface area contributed by atoms with Crippen molar-refractivity contribution < 1.29 is 13.2 Å². The predicted octanol–water partition coefficient (Wildman–Crippen LogP) is 0.844. The Morgan fingerprint density at radius 2 is 2.30 bits per heavy atom. The number of nitrogens with zero attached hydrogens (tertiary/aromatic N) is 1. The van der Waals surface area contributed by atoms with Crippen LogP contribution in [0.3, 0.4) is 0 Å². The van der Waals surface area contributed by atoms with E-state index in [9.17, 15) is 8.42 Å². The number of sulfonamides is 1. The normalized spacial score (nSPS) is 20.5. The molecule has 2 unspecified atom stereocenters. The molecule has 108 valence electrons. The number of nitrogens with two attached hydrogens (primary N) is 1. The molecule has 7 heteroatoms. The third-order valence-electron chi connectivity index (χ3n) is 3.43. The maximum atomic E-state index is 12.3. The molecule has 1 aliphatic heterocycles. The first-order chi connectivity index (χ1) is 9.44. The number of ether oxygens (including phenoxy) is 1. The van der Waals surface area contributed by atoms with Crippen molar-refractivity contribution in [2.75, 3.05) is 18.9 Å².